The van der Waals surface area contributed by atoms with Gasteiger partial charge < -0.3 is 14.8 Å². The lowest BCUT2D eigenvalue weighted by atomic mass is 9.88. The van der Waals surface area contributed by atoms with E-state index in [1.165, 1.54) is 11.1 Å². The average molecular weight is 285 g/mol. The highest BCUT2D eigenvalue weighted by molar-refractivity contribution is 5.46. The van der Waals surface area contributed by atoms with Gasteiger partial charge in [-0.15, -0.1) is 0 Å². The van der Waals surface area contributed by atoms with Crippen molar-refractivity contribution in [3.05, 3.63) is 59.7 Å². The monoisotopic (exact) mass is 285 g/mol. The summed E-state index contributed by atoms with van der Waals surface area (Å²) in [4.78, 5) is 0. The molecule has 0 bridgehead atoms. The second-order valence-corrected chi connectivity index (χ2v) is 4.97. The largest absolute Gasteiger partial charge is 0.493 e. The molecule has 0 spiro atoms. The van der Waals surface area contributed by atoms with Crippen molar-refractivity contribution >= 4 is 0 Å². The molecule has 0 amide bonds. The van der Waals surface area contributed by atoms with Crippen LogP contribution in [-0.4, -0.2) is 27.8 Å². The summed E-state index contributed by atoms with van der Waals surface area (Å²) >= 11 is 0. The van der Waals surface area contributed by atoms with Crippen LogP contribution in [-0.2, 0) is 0 Å². The van der Waals surface area contributed by atoms with Gasteiger partial charge >= 0.3 is 0 Å². The zero-order valence-corrected chi connectivity index (χ0v) is 12.9. The van der Waals surface area contributed by atoms with Crippen LogP contribution in [0.3, 0.4) is 0 Å². The van der Waals surface area contributed by atoms with Gasteiger partial charge in [0.1, 0.15) is 0 Å². The maximum Gasteiger partial charge on any atom is 0.161 e. The number of hydrogen-bond donors (Lipinski definition) is 1. The maximum absolute atomic E-state index is 5.43. The van der Waals surface area contributed by atoms with Gasteiger partial charge in [0.15, 0.2) is 11.5 Å². The number of nitrogens with one attached hydrogen (secondary N) is 1. The highest BCUT2D eigenvalue weighted by atomic mass is 16.5. The topological polar surface area (TPSA) is 30.5 Å². The minimum Gasteiger partial charge on any atom is -0.493 e. The van der Waals surface area contributed by atoms with Crippen LogP contribution in [0.2, 0.25) is 0 Å². The summed E-state index contributed by atoms with van der Waals surface area (Å²) in [6, 6.07) is 16.7. The molecule has 1 unspecified atom stereocenters. The van der Waals surface area contributed by atoms with Crippen LogP contribution in [0.5, 0.6) is 11.5 Å². The summed E-state index contributed by atoms with van der Waals surface area (Å²) in [5, 5.41) is 3.23. The molecule has 0 aliphatic rings. The number of rotatable bonds is 7. The molecule has 1 N–H and O–H groups in total. The molecule has 0 aromatic heterocycles. The van der Waals surface area contributed by atoms with E-state index >= 15 is 0 Å². The fraction of sp³-hybridized carbons (Fsp3) is 0.333. The summed E-state index contributed by atoms with van der Waals surface area (Å²) in [5.74, 6) is 1.89. The van der Waals surface area contributed by atoms with Crippen LogP contribution in [0.15, 0.2) is 48.5 Å². The highest BCUT2D eigenvalue weighted by Gasteiger charge is 2.16. The van der Waals surface area contributed by atoms with E-state index in [1.54, 1.807) is 14.2 Å². The van der Waals surface area contributed by atoms with E-state index in [4.69, 9.17) is 9.47 Å². The van der Waals surface area contributed by atoms with Crippen LogP contribution in [0, 0.1) is 0 Å². The molecule has 0 aliphatic heterocycles. The Morgan fingerprint density at radius 1 is 0.905 bits per heavy atom. The molecule has 2 rings (SSSR count). The first-order chi connectivity index (χ1) is 10.3. The van der Waals surface area contributed by atoms with Crippen molar-refractivity contribution in [2.45, 2.75) is 12.3 Å². The minimum atomic E-state index is 0.346. The Morgan fingerprint density at radius 2 is 1.62 bits per heavy atom. The lowest BCUT2D eigenvalue weighted by Gasteiger charge is -2.19. The lowest BCUT2D eigenvalue weighted by molar-refractivity contribution is 0.354. The standard InChI is InChI=1S/C18H23NO2/c1-19-12-11-16(14-7-5-4-6-8-14)15-9-10-17(20-2)18(13-15)21-3/h4-10,13,16,19H,11-12H2,1-3H3. The van der Waals surface area contributed by atoms with Crippen molar-refractivity contribution in [2.75, 3.05) is 27.8 Å². The normalized spacial score (nSPS) is 12.0. The Balaban J connectivity index is 2.36. The summed E-state index contributed by atoms with van der Waals surface area (Å²) in [6.07, 6.45) is 1.04. The summed E-state index contributed by atoms with van der Waals surface area (Å²) in [7, 11) is 5.32. The van der Waals surface area contributed by atoms with E-state index in [1.807, 2.05) is 19.2 Å². The molecule has 3 heteroatoms. The van der Waals surface area contributed by atoms with Crippen LogP contribution in [0.1, 0.15) is 23.5 Å². The van der Waals surface area contributed by atoms with E-state index in [9.17, 15) is 0 Å². The molecule has 0 saturated carbocycles. The summed E-state index contributed by atoms with van der Waals surface area (Å²) in [6.45, 7) is 0.966. The first kappa shape index (κ1) is 15.4. The van der Waals surface area contributed by atoms with Crippen LogP contribution in [0.25, 0.3) is 0 Å². The van der Waals surface area contributed by atoms with E-state index in [2.05, 4.69) is 41.7 Å². The van der Waals surface area contributed by atoms with Gasteiger partial charge in [-0.2, -0.15) is 0 Å². The van der Waals surface area contributed by atoms with Gasteiger partial charge in [0, 0.05) is 5.92 Å². The predicted octanol–water partition coefficient (Wildman–Crippen LogP) is 3.45. The van der Waals surface area contributed by atoms with Crippen LogP contribution < -0.4 is 14.8 Å². The van der Waals surface area contributed by atoms with Crippen molar-refractivity contribution < 1.29 is 9.47 Å². The van der Waals surface area contributed by atoms with E-state index in [0.29, 0.717) is 5.92 Å². The lowest BCUT2D eigenvalue weighted by Crippen LogP contribution is -2.13. The van der Waals surface area contributed by atoms with Crippen LogP contribution >= 0.6 is 0 Å². The van der Waals surface area contributed by atoms with E-state index < -0.39 is 0 Å². The first-order valence-electron chi connectivity index (χ1n) is 7.21. The number of hydrogen-bond acceptors (Lipinski definition) is 3. The molecule has 112 valence electrons. The quantitative estimate of drug-likeness (QED) is 0.845. The van der Waals surface area contributed by atoms with Crippen molar-refractivity contribution in [2.24, 2.45) is 0 Å². The Kier molecular flexibility index (Phi) is 5.64. The third-order valence-corrected chi connectivity index (χ3v) is 3.69. The molecular formula is C18H23NO2. The third kappa shape index (κ3) is 3.76. The molecule has 2 aromatic rings. The second-order valence-electron chi connectivity index (χ2n) is 4.97. The number of benzene rings is 2. The van der Waals surface area contributed by atoms with Gasteiger partial charge in [0.25, 0.3) is 0 Å². The number of ether oxygens (including phenoxy) is 2. The highest BCUT2D eigenvalue weighted by Crippen LogP contribution is 2.34. The molecule has 0 aliphatic carbocycles. The van der Waals surface area contributed by atoms with E-state index in [-0.39, 0.29) is 0 Å². The molecule has 0 saturated heterocycles. The van der Waals surface area contributed by atoms with Crippen LogP contribution in [0.4, 0.5) is 0 Å². The van der Waals surface area contributed by atoms with Gasteiger partial charge in [0.05, 0.1) is 14.2 Å². The predicted molar refractivity (Wildman–Crippen MR) is 86.4 cm³/mol. The maximum atomic E-state index is 5.43. The minimum absolute atomic E-state index is 0.346. The SMILES string of the molecule is CNCCC(c1ccccc1)c1ccc(OC)c(OC)c1. The molecule has 3 nitrogen and oxygen atoms in total. The molecular weight excluding hydrogens is 262 g/mol. The second kappa shape index (κ2) is 7.70. The molecule has 2 aromatic carbocycles. The molecule has 21 heavy (non-hydrogen) atoms. The fourth-order valence-electron chi connectivity index (χ4n) is 2.57. The van der Waals surface area contributed by atoms with Gasteiger partial charge in [-0.1, -0.05) is 36.4 Å². The van der Waals surface area contributed by atoms with Gasteiger partial charge in [-0.25, -0.2) is 0 Å². The van der Waals surface area contributed by atoms with Crippen molar-refractivity contribution in [1.82, 2.24) is 5.32 Å². The first-order valence-corrected chi connectivity index (χ1v) is 7.21. The molecule has 0 heterocycles. The zero-order chi connectivity index (χ0) is 15.1. The summed E-state index contributed by atoms with van der Waals surface area (Å²) in [5.41, 5.74) is 2.56. The van der Waals surface area contributed by atoms with E-state index in [0.717, 1.165) is 24.5 Å². The van der Waals surface area contributed by atoms with Crippen molar-refractivity contribution in [3.63, 3.8) is 0 Å². The van der Waals surface area contributed by atoms with Gasteiger partial charge in [0.2, 0.25) is 0 Å². The zero-order valence-electron chi connectivity index (χ0n) is 12.9. The Morgan fingerprint density at radius 3 is 2.24 bits per heavy atom. The van der Waals surface area contributed by atoms with Gasteiger partial charge in [-0.3, -0.25) is 0 Å². The fourth-order valence-corrected chi connectivity index (χ4v) is 2.57. The Labute approximate surface area is 126 Å². The molecule has 1 atom stereocenters. The smallest absolute Gasteiger partial charge is 0.161 e. The molecule has 0 radical (unpaired) electrons. The Bertz CT molecular complexity index is 554. The summed E-state index contributed by atoms with van der Waals surface area (Å²) < 4.78 is 10.7. The van der Waals surface area contributed by atoms with Crippen molar-refractivity contribution in [1.29, 1.82) is 0 Å². The average Bonchev–Trinajstić information content (AvgIpc) is 2.56. The van der Waals surface area contributed by atoms with Crippen molar-refractivity contribution in [3.8, 4) is 11.5 Å². The molecule has 0 fully saturated rings. The number of methoxy groups -OCH3 is 2. The van der Waals surface area contributed by atoms with Gasteiger partial charge in [-0.05, 0) is 43.3 Å². The Hall–Kier alpha value is -2.00. The third-order valence-electron chi connectivity index (χ3n) is 3.69.